The molecule has 3 aromatic rings. The van der Waals surface area contributed by atoms with Crippen LogP contribution in [0.3, 0.4) is 0 Å². The summed E-state index contributed by atoms with van der Waals surface area (Å²) in [4.78, 5) is 32.1. The van der Waals surface area contributed by atoms with E-state index in [2.05, 4.69) is 41.3 Å². The second-order valence-corrected chi connectivity index (χ2v) is 10.0. The summed E-state index contributed by atoms with van der Waals surface area (Å²) in [6.45, 7) is 4.98. The first kappa shape index (κ1) is 25.4. The molecule has 0 saturated carbocycles. The van der Waals surface area contributed by atoms with Crippen molar-refractivity contribution in [3.05, 3.63) is 101 Å². The zero-order valence-electron chi connectivity index (χ0n) is 21.7. The highest BCUT2D eigenvalue weighted by Crippen LogP contribution is 2.34. The summed E-state index contributed by atoms with van der Waals surface area (Å²) in [5.41, 5.74) is 5.53. The van der Waals surface area contributed by atoms with Crippen molar-refractivity contribution < 1.29 is 9.59 Å². The number of benzene rings is 3. The summed E-state index contributed by atoms with van der Waals surface area (Å²) in [5, 5.41) is 9.22. The topological polar surface area (TPSA) is 67.6 Å². The fourth-order valence-corrected chi connectivity index (χ4v) is 5.50. The fourth-order valence-electron chi connectivity index (χ4n) is 5.50. The van der Waals surface area contributed by atoms with Crippen molar-refractivity contribution in [1.82, 2.24) is 4.90 Å². The van der Waals surface area contributed by atoms with Crippen LogP contribution in [0.1, 0.15) is 42.0 Å². The van der Waals surface area contributed by atoms with Crippen LogP contribution in [0.5, 0.6) is 0 Å². The van der Waals surface area contributed by atoms with Crippen molar-refractivity contribution in [2.45, 2.75) is 38.8 Å². The van der Waals surface area contributed by atoms with Crippen molar-refractivity contribution in [3.8, 4) is 6.07 Å². The molecule has 2 amide bonds. The maximum atomic E-state index is 13.7. The van der Waals surface area contributed by atoms with Gasteiger partial charge in [0.25, 0.3) is 5.91 Å². The molecule has 0 N–H and O–H groups in total. The molecule has 0 radical (unpaired) electrons. The Morgan fingerprint density at radius 3 is 2.53 bits per heavy atom. The number of hydrogen-bond donors (Lipinski definition) is 0. The number of piperidine rings is 1. The van der Waals surface area contributed by atoms with Crippen molar-refractivity contribution in [3.63, 3.8) is 0 Å². The molecule has 0 atom stereocenters. The molecule has 0 unspecified atom stereocenters. The van der Waals surface area contributed by atoms with Crippen LogP contribution in [0.2, 0.25) is 0 Å². The van der Waals surface area contributed by atoms with Gasteiger partial charge in [-0.3, -0.25) is 14.5 Å². The van der Waals surface area contributed by atoms with E-state index in [-0.39, 0.29) is 17.9 Å². The number of carbonyl (C=O) groups is 2. The number of carbonyl (C=O) groups excluding carboxylic acids is 2. The molecule has 3 aromatic carbocycles. The van der Waals surface area contributed by atoms with Gasteiger partial charge < -0.3 is 9.80 Å². The normalized spacial score (nSPS) is 15.8. The number of hydrogen-bond acceptors (Lipinski definition) is 4. The van der Waals surface area contributed by atoms with Gasteiger partial charge >= 0.3 is 0 Å². The Morgan fingerprint density at radius 1 is 1.00 bits per heavy atom. The van der Waals surface area contributed by atoms with Crippen LogP contribution in [0.4, 0.5) is 11.4 Å². The third-order valence-electron chi connectivity index (χ3n) is 7.47. The molecule has 0 spiro atoms. The zero-order chi connectivity index (χ0) is 26.5. The summed E-state index contributed by atoms with van der Waals surface area (Å²) in [5.74, 6) is -0.0774. The van der Waals surface area contributed by atoms with Crippen LogP contribution in [0, 0.1) is 11.3 Å². The minimum Gasteiger partial charge on any atom is -0.312 e. The molecule has 192 valence electrons. The largest absolute Gasteiger partial charge is 0.312 e. The maximum absolute atomic E-state index is 13.7. The molecule has 5 rings (SSSR count). The van der Waals surface area contributed by atoms with Gasteiger partial charge in [0.05, 0.1) is 11.6 Å². The Labute approximate surface area is 224 Å². The predicted molar refractivity (Wildman–Crippen MR) is 151 cm³/mol. The van der Waals surface area contributed by atoms with Gasteiger partial charge in [0, 0.05) is 56.6 Å². The van der Waals surface area contributed by atoms with Gasteiger partial charge in [-0.05, 0) is 66.3 Å². The van der Waals surface area contributed by atoms with Gasteiger partial charge in [0.1, 0.15) is 0 Å². The van der Waals surface area contributed by atoms with E-state index in [4.69, 9.17) is 0 Å². The average molecular weight is 505 g/mol. The molecule has 2 aliphatic rings. The third-order valence-corrected chi connectivity index (χ3v) is 7.47. The fraction of sp³-hybridized carbons (Fsp3) is 0.281. The van der Waals surface area contributed by atoms with Gasteiger partial charge in [-0.15, -0.1) is 0 Å². The highest BCUT2D eigenvalue weighted by molar-refractivity contribution is 6.05. The Morgan fingerprint density at radius 2 is 1.79 bits per heavy atom. The van der Waals surface area contributed by atoms with Crippen molar-refractivity contribution >= 4 is 29.3 Å². The minimum atomic E-state index is -0.0961. The van der Waals surface area contributed by atoms with Gasteiger partial charge in [-0.1, -0.05) is 48.5 Å². The van der Waals surface area contributed by atoms with E-state index in [1.54, 1.807) is 36.1 Å². The smallest absolute Gasteiger partial charge is 0.251 e. The average Bonchev–Trinajstić information content (AvgIpc) is 3.37. The van der Waals surface area contributed by atoms with Gasteiger partial charge in [0.15, 0.2) is 0 Å². The number of amides is 2. The first-order valence-electron chi connectivity index (χ1n) is 13.2. The number of fused-ring (bicyclic) bond motifs is 1. The summed E-state index contributed by atoms with van der Waals surface area (Å²) < 4.78 is 0. The predicted octanol–water partition coefficient (Wildman–Crippen LogP) is 5.18. The lowest BCUT2D eigenvalue weighted by atomic mass is 10.0. The van der Waals surface area contributed by atoms with Crippen LogP contribution in [0.25, 0.3) is 6.08 Å². The van der Waals surface area contributed by atoms with Gasteiger partial charge in [0.2, 0.25) is 5.91 Å². The van der Waals surface area contributed by atoms with E-state index >= 15 is 0 Å². The lowest BCUT2D eigenvalue weighted by Crippen LogP contribution is -2.47. The summed E-state index contributed by atoms with van der Waals surface area (Å²) in [6.07, 6.45) is 5.93. The number of anilines is 2. The lowest BCUT2D eigenvalue weighted by molar-refractivity contribution is -0.116. The highest BCUT2D eigenvalue weighted by Gasteiger charge is 2.30. The Bertz CT molecular complexity index is 1380. The molecule has 38 heavy (non-hydrogen) atoms. The van der Waals surface area contributed by atoms with Crippen LogP contribution < -0.4 is 9.80 Å². The van der Waals surface area contributed by atoms with Crippen molar-refractivity contribution in [2.75, 3.05) is 29.4 Å². The molecule has 6 nitrogen and oxygen atoms in total. The van der Waals surface area contributed by atoms with Gasteiger partial charge in [-0.25, -0.2) is 0 Å². The molecule has 1 saturated heterocycles. The van der Waals surface area contributed by atoms with E-state index in [1.165, 1.54) is 5.56 Å². The molecule has 0 aromatic heterocycles. The highest BCUT2D eigenvalue weighted by atomic mass is 16.2. The van der Waals surface area contributed by atoms with Crippen LogP contribution in [0.15, 0.2) is 78.9 Å². The number of nitriles is 1. The molecular weight excluding hydrogens is 472 g/mol. The Balaban J connectivity index is 1.39. The Kier molecular flexibility index (Phi) is 7.67. The first-order valence-corrected chi connectivity index (χ1v) is 13.2. The van der Waals surface area contributed by atoms with Crippen molar-refractivity contribution in [1.29, 1.82) is 5.26 Å². The lowest BCUT2D eigenvalue weighted by Gasteiger charge is -2.38. The summed E-state index contributed by atoms with van der Waals surface area (Å²) >= 11 is 0. The SMILES string of the molecule is CC(=O)N1CCc2ccc(N(C(=O)/C=C/c3cccc(C#N)c3)C3CCN(Cc4ccccc4)CC3)cc21. The minimum absolute atomic E-state index is 0.0188. The standard InChI is InChI=1S/C32H32N4O2/c1-24(37)35-19-14-28-11-12-30(21-31(28)35)36(32(38)13-10-25-8-5-9-27(20-25)22-33)29-15-17-34(18-16-29)23-26-6-3-2-4-7-26/h2-13,20-21,29H,14-19,23H2,1H3/b13-10+. The van der Waals surface area contributed by atoms with Crippen LogP contribution in [-0.2, 0) is 22.6 Å². The molecular formula is C32H32N4O2. The molecule has 6 heteroatoms. The van der Waals surface area contributed by atoms with E-state index in [1.807, 2.05) is 35.2 Å². The molecule has 2 aliphatic heterocycles. The first-order chi connectivity index (χ1) is 18.5. The molecule has 1 fully saturated rings. The second kappa shape index (κ2) is 11.5. The van der Waals surface area contributed by atoms with Crippen LogP contribution in [-0.4, -0.2) is 42.4 Å². The van der Waals surface area contributed by atoms with Crippen LogP contribution >= 0.6 is 0 Å². The number of nitrogens with zero attached hydrogens (tertiary/aromatic N) is 4. The van der Waals surface area contributed by atoms with Gasteiger partial charge in [-0.2, -0.15) is 5.26 Å². The summed E-state index contributed by atoms with van der Waals surface area (Å²) in [7, 11) is 0. The van der Waals surface area contributed by atoms with E-state index in [0.29, 0.717) is 12.1 Å². The third kappa shape index (κ3) is 5.69. The molecule has 2 heterocycles. The molecule has 0 bridgehead atoms. The number of likely N-dealkylation sites (tertiary alicyclic amines) is 1. The number of rotatable bonds is 6. The van der Waals surface area contributed by atoms with E-state index in [9.17, 15) is 14.9 Å². The second-order valence-electron chi connectivity index (χ2n) is 10.0. The summed E-state index contributed by atoms with van der Waals surface area (Å²) in [6, 6.07) is 26.0. The quantitative estimate of drug-likeness (QED) is 0.434. The van der Waals surface area contributed by atoms with E-state index < -0.39 is 0 Å². The van der Waals surface area contributed by atoms with Crippen molar-refractivity contribution in [2.24, 2.45) is 0 Å². The molecule has 0 aliphatic carbocycles. The zero-order valence-corrected chi connectivity index (χ0v) is 21.7. The maximum Gasteiger partial charge on any atom is 0.251 e. The Hall–Kier alpha value is -4.21. The monoisotopic (exact) mass is 504 g/mol. The van der Waals surface area contributed by atoms with E-state index in [0.717, 1.165) is 61.4 Å².